The van der Waals surface area contributed by atoms with Crippen LogP contribution in [0.15, 0.2) is 11.8 Å². The number of hydrogen-bond donors (Lipinski definition) is 0. The molecule has 3 fully saturated rings. The molecule has 0 unspecified atom stereocenters. The minimum atomic E-state index is 0.187. The van der Waals surface area contributed by atoms with Crippen molar-refractivity contribution in [3.05, 3.63) is 11.8 Å². The fraction of sp³-hybridized carbons (Fsp3) is 0.857. The summed E-state index contributed by atoms with van der Waals surface area (Å²) in [6.45, 7) is 7.34. The van der Waals surface area contributed by atoms with E-state index in [1.807, 2.05) is 13.2 Å². The van der Waals surface area contributed by atoms with E-state index in [0.29, 0.717) is 23.3 Å². The van der Waals surface area contributed by atoms with Crippen molar-refractivity contribution < 1.29 is 9.53 Å². The number of nitrogens with zero attached hydrogens (tertiary/aromatic N) is 1. The highest BCUT2D eigenvalue weighted by Crippen LogP contribution is 2.65. The third kappa shape index (κ3) is 2.09. The Morgan fingerprint density at radius 1 is 1.25 bits per heavy atom. The van der Waals surface area contributed by atoms with Crippen LogP contribution in [0.3, 0.4) is 0 Å². The van der Waals surface area contributed by atoms with Gasteiger partial charge < -0.3 is 9.64 Å². The van der Waals surface area contributed by atoms with Crippen LogP contribution in [0, 0.1) is 28.6 Å². The van der Waals surface area contributed by atoms with Crippen LogP contribution < -0.4 is 0 Å². The van der Waals surface area contributed by atoms with E-state index >= 15 is 0 Å². The monoisotopic (exact) mass is 331 g/mol. The molecule has 4 aliphatic rings. The third-order valence-corrected chi connectivity index (χ3v) is 8.53. The predicted molar refractivity (Wildman–Crippen MR) is 95.5 cm³/mol. The molecule has 134 valence electrons. The summed E-state index contributed by atoms with van der Waals surface area (Å²) in [6.07, 6.45) is 9.26. The van der Waals surface area contributed by atoms with E-state index in [-0.39, 0.29) is 5.41 Å². The molecule has 0 spiro atoms. The molecule has 0 aromatic carbocycles. The summed E-state index contributed by atoms with van der Waals surface area (Å²) in [4.78, 5) is 14.5. The van der Waals surface area contributed by atoms with Crippen molar-refractivity contribution in [2.75, 3.05) is 14.2 Å². The number of carbonyl (C=O) groups is 1. The van der Waals surface area contributed by atoms with Gasteiger partial charge in [0.15, 0.2) is 5.78 Å². The fourth-order valence-electron chi connectivity index (χ4n) is 7.04. The van der Waals surface area contributed by atoms with Gasteiger partial charge in [-0.1, -0.05) is 13.8 Å². The molecule has 2 saturated carbocycles. The Morgan fingerprint density at radius 2 is 2.00 bits per heavy atom. The summed E-state index contributed by atoms with van der Waals surface area (Å²) in [5, 5.41) is 0. The van der Waals surface area contributed by atoms with Crippen LogP contribution in [0.4, 0.5) is 0 Å². The number of ether oxygens (including phenoxy) is 1. The van der Waals surface area contributed by atoms with E-state index in [1.165, 1.54) is 31.4 Å². The first-order valence-electron chi connectivity index (χ1n) is 9.81. The Bertz CT molecular complexity index is 584. The number of hydrogen-bond acceptors (Lipinski definition) is 3. The van der Waals surface area contributed by atoms with Crippen molar-refractivity contribution in [1.82, 2.24) is 4.90 Å². The van der Waals surface area contributed by atoms with E-state index < -0.39 is 0 Å². The molecule has 0 bridgehead atoms. The lowest BCUT2D eigenvalue weighted by molar-refractivity contribution is -0.121. The van der Waals surface area contributed by atoms with Gasteiger partial charge in [-0.05, 0) is 62.2 Å². The first-order valence-corrected chi connectivity index (χ1v) is 9.81. The summed E-state index contributed by atoms with van der Waals surface area (Å²) in [5.74, 6) is 2.52. The van der Waals surface area contributed by atoms with Crippen molar-refractivity contribution in [1.29, 1.82) is 0 Å². The van der Waals surface area contributed by atoms with E-state index in [4.69, 9.17) is 4.74 Å². The van der Waals surface area contributed by atoms with Crippen LogP contribution >= 0.6 is 0 Å². The average molecular weight is 332 g/mol. The molecule has 3 aliphatic carbocycles. The summed E-state index contributed by atoms with van der Waals surface area (Å²) < 4.78 is 5.79. The lowest BCUT2D eigenvalue weighted by Crippen LogP contribution is -2.60. The van der Waals surface area contributed by atoms with Gasteiger partial charge in [0, 0.05) is 43.8 Å². The SMILES string of the molecule is CO[C@H]1C[C@H]2[C@@H]3[C@@H](C)N(C)C4=CC(=O)CC[C@]4(C)[C@H]3CC[C@]2(C)C1. The predicted octanol–water partition coefficient (Wildman–Crippen LogP) is 4.03. The Morgan fingerprint density at radius 3 is 2.71 bits per heavy atom. The third-order valence-electron chi connectivity index (χ3n) is 8.53. The van der Waals surface area contributed by atoms with Crippen molar-refractivity contribution in [3.8, 4) is 0 Å². The second kappa shape index (κ2) is 5.33. The highest BCUT2D eigenvalue weighted by molar-refractivity contribution is 5.91. The number of likely N-dealkylation sites (tertiary alicyclic amines) is 1. The number of piperidine rings is 1. The van der Waals surface area contributed by atoms with Gasteiger partial charge in [0.25, 0.3) is 0 Å². The Kier molecular flexibility index (Phi) is 3.69. The maximum atomic E-state index is 12.1. The minimum absolute atomic E-state index is 0.187. The number of allylic oxidation sites excluding steroid dienone is 2. The first kappa shape index (κ1) is 16.6. The zero-order valence-electron chi connectivity index (χ0n) is 16.0. The maximum absolute atomic E-state index is 12.1. The molecule has 0 amide bonds. The van der Waals surface area contributed by atoms with Crippen LogP contribution in [0.1, 0.15) is 59.3 Å². The number of fused-ring (bicyclic) bond motifs is 5. The van der Waals surface area contributed by atoms with Crippen molar-refractivity contribution in [2.45, 2.75) is 71.4 Å². The molecular formula is C21H33NO2. The van der Waals surface area contributed by atoms with E-state index in [1.54, 1.807) is 0 Å². The first-order chi connectivity index (χ1) is 11.3. The molecule has 7 atom stereocenters. The molecule has 1 aliphatic heterocycles. The standard InChI is InChI=1S/C21H33NO2/c1-13-19-16(7-8-20(2)12-15(24-5)11-17(19)20)21(3)9-6-14(23)10-18(21)22(13)4/h10,13,15-17,19H,6-9,11-12H2,1-5H3/t13-,15+,16+,17+,19-,20-,21-/m1/s1. The molecule has 3 nitrogen and oxygen atoms in total. The quantitative estimate of drug-likeness (QED) is 0.726. The largest absolute Gasteiger partial charge is 0.381 e. The molecular weight excluding hydrogens is 298 g/mol. The molecule has 0 aromatic heterocycles. The summed E-state index contributed by atoms with van der Waals surface area (Å²) >= 11 is 0. The zero-order chi connectivity index (χ0) is 17.3. The number of ketones is 1. The van der Waals surface area contributed by atoms with Gasteiger partial charge in [-0.2, -0.15) is 0 Å². The van der Waals surface area contributed by atoms with Gasteiger partial charge in [0.2, 0.25) is 0 Å². The maximum Gasteiger partial charge on any atom is 0.157 e. The molecule has 4 rings (SSSR count). The van der Waals surface area contributed by atoms with E-state index in [0.717, 1.165) is 30.6 Å². The van der Waals surface area contributed by atoms with Gasteiger partial charge in [0.1, 0.15) is 0 Å². The molecule has 0 N–H and O–H groups in total. The lowest BCUT2D eigenvalue weighted by Gasteiger charge is -2.62. The van der Waals surface area contributed by atoms with Gasteiger partial charge >= 0.3 is 0 Å². The molecule has 0 radical (unpaired) electrons. The van der Waals surface area contributed by atoms with Crippen LogP contribution in [0.5, 0.6) is 0 Å². The second-order valence-electron chi connectivity index (χ2n) is 9.55. The summed E-state index contributed by atoms with van der Waals surface area (Å²) in [5.41, 5.74) is 1.95. The van der Waals surface area contributed by atoms with Crippen molar-refractivity contribution in [2.24, 2.45) is 28.6 Å². The molecule has 1 saturated heterocycles. The van der Waals surface area contributed by atoms with Gasteiger partial charge in [-0.25, -0.2) is 0 Å². The van der Waals surface area contributed by atoms with Gasteiger partial charge in [0.05, 0.1) is 6.10 Å². The highest BCUT2D eigenvalue weighted by atomic mass is 16.5. The van der Waals surface area contributed by atoms with E-state index in [2.05, 4.69) is 32.7 Å². The van der Waals surface area contributed by atoms with Crippen LogP contribution in [-0.2, 0) is 9.53 Å². The smallest absolute Gasteiger partial charge is 0.157 e. The lowest BCUT2D eigenvalue weighted by atomic mass is 9.49. The molecule has 0 aromatic rings. The Labute approximate surface area is 146 Å². The number of rotatable bonds is 1. The highest BCUT2D eigenvalue weighted by Gasteiger charge is 2.61. The summed E-state index contributed by atoms with van der Waals surface area (Å²) in [6, 6.07) is 0.514. The van der Waals surface area contributed by atoms with E-state index in [9.17, 15) is 4.79 Å². The second-order valence-corrected chi connectivity index (χ2v) is 9.55. The van der Waals surface area contributed by atoms with Crippen molar-refractivity contribution in [3.63, 3.8) is 0 Å². The Hall–Kier alpha value is -0.830. The molecule has 3 heteroatoms. The minimum Gasteiger partial charge on any atom is -0.381 e. The topological polar surface area (TPSA) is 29.5 Å². The average Bonchev–Trinajstić information content (AvgIpc) is 2.90. The van der Waals surface area contributed by atoms with Gasteiger partial charge in [-0.3, -0.25) is 4.79 Å². The van der Waals surface area contributed by atoms with Crippen LogP contribution in [-0.4, -0.2) is 37.0 Å². The number of methoxy groups -OCH3 is 1. The number of carbonyl (C=O) groups excluding carboxylic acids is 1. The Balaban J connectivity index is 1.75. The zero-order valence-corrected chi connectivity index (χ0v) is 16.0. The normalized spacial score (nSPS) is 50.9. The summed E-state index contributed by atoms with van der Waals surface area (Å²) in [7, 11) is 4.10. The van der Waals surface area contributed by atoms with Crippen LogP contribution in [0.2, 0.25) is 0 Å². The van der Waals surface area contributed by atoms with Gasteiger partial charge in [-0.15, -0.1) is 0 Å². The van der Waals surface area contributed by atoms with Crippen LogP contribution in [0.25, 0.3) is 0 Å². The molecule has 1 heterocycles. The van der Waals surface area contributed by atoms with Crippen molar-refractivity contribution >= 4 is 5.78 Å². The molecule has 24 heavy (non-hydrogen) atoms. The fourth-order valence-corrected chi connectivity index (χ4v) is 7.04.